The van der Waals surface area contributed by atoms with Crippen LogP contribution in [0.5, 0.6) is 11.5 Å². The molecule has 2 amide bonds. The van der Waals surface area contributed by atoms with Gasteiger partial charge in [-0.3, -0.25) is 0 Å². The van der Waals surface area contributed by atoms with Crippen LogP contribution in [0.15, 0.2) is 133 Å². The molecule has 1 aliphatic heterocycles. The molecule has 47 heavy (non-hydrogen) atoms. The molecular formula is C38H37N3O5S. The molecular weight excluding hydrogens is 611 g/mol. The molecule has 1 aromatic heterocycles. The number of thioether (sulfide) groups is 1. The number of carbonyl (C=O) groups is 1. The summed E-state index contributed by atoms with van der Waals surface area (Å²) in [5, 5.41) is 16.2. The average Bonchev–Trinajstić information content (AvgIpc) is 3.12. The van der Waals surface area contributed by atoms with Crippen LogP contribution >= 0.6 is 11.8 Å². The number of rotatable bonds is 11. The van der Waals surface area contributed by atoms with Gasteiger partial charge < -0.3 is 30.0 Å². The number of ether oxygens (including phenoxy) is 3. The van der Waals surface area contributed by atoms with E-state index in [2.05, 4.69) is 22.5 Å². The Labute approximate surface area is 279 Å². The Morgan fingerprint density at radius 1 is 0.809 bits per heavy atom. The third-order valence-corrected chi connectivity index (χ3v) is 8.99. The standard InChI is InChI=1S/C38H37N3O5S/c1-26-34(25-47-35-9-5-6-22-39-35)45-37(46-36(26)29-14-12-28(24-42)13-15-29)30-16-10-27(11-17-30)23-40-38(43)41-31-18-20-33(21-19-31)44-32-7-3-2-4-8-32/h2-22,26,34,36-37,42H,23-25H2,1H3,(H2,40,41,43)/t26-,34+,36+,37+/m0/s1. The van der Waals surface area contributed by atoms with E-state index in [0.717, 1.165) is 38.8 Å². The normalized spacial score (nSPS) is 19.1. The van der Waals surface area contributed by atoms with Crippen molar-refractivity contribution >= 4 is 23.5 Å². The average molecular weight is 648 g/mol. The lowest BCUT2D eigenvalue weighted by Crippen LogP contribution is -2.38. The van der Waals surface area contributed by atoms with E-state index in [-0.39, 0.29) is 30.8 Å². The summed E-state index contributed by atoms with van der Waals surface area (Å²) in [7, 11) is 0. The molecule has 1 fully saturated rings. The largest absolute Gasteiger partial charge is 0.457 e. The van der Waals surface area contributed by atoms with Crippen LogP contribution in [0.25, 0.3) is 0 Å². The Morgan fingerprint density at radius 2 is 1.49 bits per heavy atom. The smallest absolute Gasteiger partial charge is 0.319 e. The fourth-order valence-corrected chi connectivity index (χ4v) is 6.32. The van der Waals surface area contributed by atoms with E-state index in [4.69, 9.17) is 14.2 Å². The number of nitrogens with one attached hydrogen (secondary N) is 2. The molecule has 0 spiro atoms. The molecule has 0 radical (unpaired) electrons. The van der Waals surface area contributed by atoms with Crippen molar-refractivity contribution in [2.45, 2.75) is 43.6 Å². The van der Waals surface area contributed by atoms with Crippen LogP contribution in [0.1, 0.15) is 41.6 Å². The van der Waals surface area contributed by atoms with E-state index < -0.39 is 6.29 Å². The van der Waals surface area contributed by atoms with Crippen molar-refractivity contribution < 1.29 is 24.1 Å². The maximum Gasteiger partial charge on any atom is 0.319 e. The maximum atomic E-state index is 12.6. The van der Waals surface area contributed by atoms with E-state index in [9.17, 15) is 9.90 Å². The van der Waals surface area contributed by atoms with Crippen LogP contribution in [0.4, 0.5) is 10.5 Å². The highest BCUT2D eigenvalue weighted by molar-refractivity contribution is 7.99. The molecule has 2 heterocycles. The van der Waals surface area contributed by atoms with Gasteiger partial charge in [-0.05, 0) is 65.2 Å². The first-order valence-electron chi connectivity index (χ1n) is 15.5. The highest BCUT2D eigenvalue weighted by Gasteiger charge is 2.38. The second kappa shape index (κ2) is 15.8. The minimum Gasteiger partial charge on any atom is -0.457 e. The predicted molar refractivity (Wildman–Crippen MR) is 183 cm³/mol. The summed E-state index contributed by atoms with van der Waals surface area (Å²) in [5.41, 5.74) is 4.40. The van der Waals surface area contributed by atoms with Crippen LogP contribution in [0, 0.1) is 5.92 Å². The van der Waals surface area contributed by atoms with Gasteiger partial charge in [0.2, 0.25) is 0 Å². The number of anilines is 1. The van der Waals surface area contributed by atoms with Crippen molar-refractivity contribution in [1.29, 1.82) is 0 Å². The number of pyridine rings is 1. The minimum absolute atomic E-state index is 0.00296. The van der Waals surface area contributed by atoms with Crippen molar-refractivity contribution in [3.05, 3.63) is 150 Å². The first-order valence-corrected chi connectivity index (χ1v) is 16.5. The lowest BCUT2D eigenvalue weighted by molar-refractivity contribution is -0.268. The van der Waals surface area contributed by atoms with Gasteiger partial charge in [-0.1, -0.05) is 79.7 Å². The Bertz CT molecular complexity index is 1710. The lowest BCUT2D eigenvalue weighted by atomic mass is 9.91. The SMILES string of the molecule is C[C@H]1[C@@H](CSc2ccccn2)O[C@@H](c2ccc(CNC(=O)Nc3ccc(Oc4ccccc4)cc3)cc2)O[C@H]1c1ccc(CO)cc1. The molecule has 4 atom stereocenters. The molecule has 0 bridgehead atoms. The molecule has 1 saturated heterocycles. The predicted octanol–water partition coefficient (Wildman–Crippen LogP) is 8.27. The molecule has 240 valence electrons. The molecule has 1 aliphatic rings. The van der Waals surface area contributed by atoms with Gasteiger partial charge in [0.15, 0.2) is 6.29 Å². The van der Waals surface area contributed by atoms with Crippen LogP contribution in [-0.4, -0.2) is 28.0 Å². The van der Waals surface area contributed by atoms with Crippen LogP contribution < -0.4 is 15.4 Å². The van der Waals surface area contributed by atoms with Gasteiger partial charge in [0.1, 0.15) is 11.5 Å². The minimum atomic E-state index is -0.567. The molecule has 0 saturated carbocycles. The highest BCUT2D eigenvalue weighted by Crippen LogP contribution is 2.43. The van der Waals surface area contributed by atoms with Gasteiger partial charge in [0.05, 0.1) is 23.8 Å². The monoisotopic (exact) mass is 647 g/mol. The number of nitrogens with zero attached hydrogens (tertiary/aromatic N) is 1. The van der Waals surface area contributed by atoms with Crippen molar-refractivity contribution in [2.75, 3.05) is 11.1 Å². The lowest BCUT2D eigenvalue weighted by Gasteiger charge is -2.41. The molecule has 6 rings (SSSR count). The molecule has 9 heteroatoms. The molecule has 5 aromatic rings. The number of carbonyl (C=O) groups excluding carboxylic acids is 1. The third-order valence-electron chi connectivity index (χ3n) is 7.95. The van der Waals surface area contributed by atoms with Crippen molar-refractivity contribution in [1.82, 2.24) is 10.3 Å². The number of benzene rings is 4. The number of urea groups is 1. The molecule has 4 aromatic carbocycles. The first kappa shape index (κ1) is 32.3. The fourth-order valence-electron chi connectivity index (χ4n) is 5.29. The number of aromatic nitrogens is 1. The van der Waals surface area contributed by atoms with E-state index in [1.165, 1.54) is 0 Å². The highest BCUT2D eigenvalue weighted by atomic mass is 32.2. The summed E-state index contributed by atoms with van der Waals surface area (Å²) < 4.78 is 18.9. The summed E-state index contributed by atoms with van der Waals surface area (Å²) in [4.78, 5) is 17.1. The Hall–Kier alpha value is -4.67. The van der Waals surface area contributed by atoms with Crippen LogP contribution in [0.2, 0.25) is 0 Å². The summed E-state index contributed by atoms with van der Waals surface area (Å²) in [5.74, 6) is 2.24. The Balaban J connectivity index is 1.06. The zero-order chi connectivity index (χ0) is 32.4. The third kappa shape index (κ3) is 8.78. The Morgan fingerprint density at radius 3 is 2.19 bits per heavy atom. The maximum absolute atomic E-state index is 12.6. The van der Waals surface area contributed by atoms with Crippen LogP contribution in [0.3, 0.4) is 0 Å². The summed E-state index contributed by atoms with van der Waals surface area (Å²) in [6, 6.07) is 38.2. The van der Waals surface area contributed by atoms with Gasteiger partial charge in [-0.2, -0.15) is 0 Å². The zero-order valence-electron chi connectivity index (χ0n) is 26.0. The summed E-state index contributed by atoms with van der Waals surface area (Å²) in [6.45, 7) is 2.50. The number of hydrogen-bond donors (Lipinski definition) is 3. The summed E-state index contributed by atoms with van der Waals surface area (Å²) >= 11 is 1.67. The van der Waals surface area contributed by atoms with Gasteiger partial charge >= 0.3 is 6.03 Å². The number of aliphatic hydroxyl groups excluding tert-OH is 1. The zero-order valence-corrected chi connectivity index (χ0v) is 26.8. The van der Waals surface area contributed by atoms with Crippen LogP contribution in [-0.2, 0) is 22.6 Å². The van der Waals surface area contributed by atoms with Crippen molar-refractivity contribution in [3.8, 4) is 11.5 Å². The number of para-hydroxylation sites is 1. The topological polar surface area (TPSA) is 102 Å². The summed E-state index contributed by atoms with van der Waals surface area (Å²) in [6.07, 6.45) is 0.944. The molecule has 0 aliphatic carbocycles. The molecule has 8 nitrogen and oxygen atoms in total. The van der Waals surface area contributed by atoms with E-state index >= 15 is 0 Å². The fraction of sp³-hybridized carbons (Fsp3) is 0.211. The Kier molecular flexibility index (Phi) is 10.8. The van der Waals surface area contributed by atoms with Gasteiger partial charge in [-0.25, -0.2) is 9.78 Å². The van der Waals surface area contributed by atoms with Gasteiger partial charge in [0.25, 0.3) is 0 Å². The molecule has 0 unspecified atom stereocenters. The van der Waals surface area contributed by atoms with E-state index in [1.807, 2.05) is 109 Å². The quantitative estimate of drug-likeness (QED) is 0.124. The first-order chi connectivity index (χ1) is 23.0. The van der Waals surface area contributed by atoms with Gasteiger partial charge in [-0.15, -0.1) is 11.8 Å². The van der Waals surface area contributed by atoms with Crippen molar-refractivity contribution in [3.63, 3.8) is 0 Å². The number of aliphatic hydroxyl groups is 1. The second-order valence-electron chi connectivity index (χ2n) is 11.3. The molecule has 3 N–H and O–H groups in total. The van der Waals surface area contributed by atoms with E-state index in [1.54, 1.807) is 30.1 Å². The second-order valence-corrected chi connectivity index (χ2v) is 12.3. The van der Waals surface area contributed by atoms with Crippen molar-refractivity contribution in [2.24, 2.45) is 5.92 Å². The number of amides is 2. The number of hydrogen-bond acceptors (Lipinski definition) is 7. The van der Waals surface area contributed by atoms with E-state index in [0.29, 0.717) is 18.0 Å². The van der Waals surface area contributed by atoms with Gasteiger partial charge in [0, 0.05) is 35.7 Å².